The van der Waals surface area contributed by atoms with E-state index in [0.717, 1.165) is 16.8 Å². The fourth-order valence-electron chi connectivity index (χ4n) is 2.08. The smallest absolute Gasteiger partial charge is 0.221 e. The minimum atomic E-state index is -0.350. The fourth-order valence-corrected chi connectivity index (χ4v) is 2.08. The van der Waals surface area contributed by atoms with Crippen molar-refractivity contribution >= 4 is 11.6 Å². The van der Waals surface area contributed by atoms with Crippen molar-refractivity contribution < 1.29 is 9.90 Å². The number of hydrogen-bond donors (Lipinski definition) is 3. The molecule has 104 valence electrons. The van der Waals surface area contributed by atoms with Crippen LogP contribution < -0.4 is 11.1 Å². The maximum atomic E-state index is 11.1. The summed E-state index contributed by atoms with van der Waals surface area (Å²) < 4.78 is 0. The monoisotopic (exact) mass is 270 g/mol. The number of rotatable bonds is 5. The van der Waals surface area contributed by atoms with Gasteiger partial charge in [0.25, 0.3) is 0 Å². The van der Waals surface area contributed by atoms with Gasteiger partial charge in [0, 0.05) is 11.7 Å². The number of para-hydroxylation sites is 1. The summed E-state index contributed by atoms with van der Waals surface area (Å²) in [6.07, 6.45) is 0.214. The second-order valence-corrected chi connectivity index (χ2v) is 4.76. The summed E-state index contributed by atoms with van der Waals surface area (Å²) in [6, 6.07) is 14.7. The Labute approximate surface area is 118 Å². The van der Waals surface area contributed by atoms with Crippen molar-refractivity contribution in [3.05, 3.63) is 59.7 Å². The van der Waals surface area contributed by atoms with Crippen molar-refractivity contribution in [3.8, 4) is 5.75 Å². The van der Waals surface area contributed by atoms with E-state index in [1.54, 1.807) is 12.1 Å². The Kier molecular flexibility index (Phi) is 4.25. The summed E-state index contributed by atoms with van der Waals surface area (Å²) >= 11 is 0. The van der Waals surface area contributed by atoms with E-state index in [0.29, 0.717) is 0 Å². The second-order valence-electron chi connectivity index (χ2n) is 4.76. The highest BCUT2D eigenvalue weighted by Gasteiger charge is 2.09. The zero-order valence-electron chi connectivity index (χ0n) is 11.3. The van der Waals surface area contributed by atoms with Gasteiger partial charge in [-0.05, 0) is 36.2 Å². The number of hydrogen-bond acceptors (Lipinski definition) is 3. The molecule has 2 aromatic carbocycles. The van der Waals surface area contributed by atoms with Crippen LogP contribution in [0.5, 0.6) is 5.75 Å². The first-order valence-electron chi connectivity index (χ1n) is 6.48. The van der Waals surface area contributed by atoms with Gasteiger partial charge >= 0.3 is 0 Å². The van der Waals surface area contributed by atoms with Crippen LogP contribution in [-0.4, -0.2) is 11.0 Å². The normalized spacial score (nSPS) is 11.8. The van der Waals surface area contributed by atoms with E-state index in [-0.39, 0.29) is 24.1 Å². The molecule has 20 heavy (non-hydrogen) atoms. The molecule has 0 fully saturated rings. The number of aromatic hydroxyl groups is 1. The minimum Gasteiger partial charge on any atom is -0.508 e. The standard InChI is InChI=1S/C16H18N2O2/c1-11(12-6-8-14(19)9-7-12)18-15-5-3-2-4-13(15)10-16(17)20/h2-9,11,18-19H,10H2,1H3,(H2,17,20). The van der Waals surface area contributed by atoms with Gasteiger partial charge < -0.3 is 16.2 Å². The molecular formula is C16H18N2O2. The molecule has 1 amide bonds. The van der Waals surface area contributed by atoms with Crippen LogP contribution in [-0.2, 0) is 11.2 Å². The van der Waals surface area contributed by atoms with Gasteiger partial charge in [0.2, 0.25) is 5.91 Å². The molecule has 0 bridgehead atoms. The van der Waals surface area contributed by atoms with Gasteiger partial charge in [-0.15, -0.1) is 0 Å². The number of phenolic OH excluding ortho intramolecular Hbond substituents is 1. The molecule has 4 heteroatoms. The number of phenols is 1. The number of benzene rings is 2. The molecule has 0 aliphatic carbocycles. The number of amides is 1. The van der Waals surface area contributed by atoms with E-state index < -0.39 is 0 Å². The maximum Gasteiger partial charge on any atom is 0.221 e. The third-order valence-corrected chi connectivity index (χ3v) is 3.15. The second kappa shape index (κ2) is 6.10. The van der Waals surface area contributed by atoms with E-state index in [9.17, 15) is 9.90 Å². The van der Waals surface area contributed by atoms with E-state index >= 15 is 0 Å². The lowest BCUT2D eigenvalue weighted by atomic mass is 10.1. The molecule has 0 heterocycles. The Balaban J connectivity index is 2.17. The van der Waals surface area contributed by atoms with E-state index in [2.05, 4.69) is 5.32 Å². The van der Waals surface area contributed by atoms with Gasteiger partial charge in [0.05, 0.1) is 6.42 Å². The number of carbonyl (C=O) groups excluding carboxylic acids is 1. The zero-order valence-corrected chi connectivity index (χ0v) is 11.3. The third-order valence-electron chi connectivity index (χ3n) is 3.15. The summed E-state index contributed by atoms with van der Waals surface area (Å²) in [6.45, 7) is 2.02. The molecule has 4 N–H and O–H groups in total. The molecule has 0 aliphatic heterocycles. The molecule has 4 nitrogen and oxygen atoms in total. The molecule has 0 aromatic heterocycles. The van der Waals surface area contributed by atoms with Crippen LogP contribution in [0.1, 0.15) is 24.1 Å². The van der Waals surface area contributed by atoms with E-state index in [1.807, 2.05) is 43.3 Å². The largest absolute Gasteiger partial charge is 0.508 e. The molecule has 0 aliphatic rings. The van der Waals surface area contributed by atoms with Gasteiger partial charge in [-0.3, -0.25) is 4.79 Å². The van der Waals surface area contributed by atoms with Crippen molar-refractivity contribution in [2.75, 3.05) is 5.32 Å². The quantitative estimate of drug-likeness (QED) is 0.781. The predicted octanol–water partition coefficient (Wildman–Crippen LogP) is 2.59. The van der Waals surface area contributed by atoms with Crippen LogP contribution >= 0.6 is 0 Å². The third kappa shape index (κ3) is 3.51. The molecule has 2 rings (SSSR count). The molecule has 0 saturated carbocycles. The molecule has 0 saturated heterocycles. The topological polar surface area (TPSA) is 75.3 Å². The molecule has 1 unspecified atom stereocenters. The molecule has 2 aromatic rings. The molecule has 0 radical (unpaired) electrons. The molecule has 1 atom stereocenters. The highest BCUT2D eigenvalue weighted by atomic mass is 16.3. The van der Waals surface area contributed by atoms with Crippen LogP contribution in [0.3, 0.4) is 0 Å². The van der Waals surface area contributed by atoms with Crippen molar-refractivity contribution in [3.63, 3.8) is 0 Å². The van der Waals surface area contributed by atoms with Gasteiger partial charge in [-0.2, -0.15) is 0 Å². The molecular weight excluding hydrogens is 252 g/mol. The summed E-state index contributed by atoms with van der Waals surface area (Å²) in [5, 5.41) is 12.7. The first kappa shape index (κ1) is 13.9. The Morgan fingerprint density at radius 3 is 2.50 bits per heavy atom. The Morgan fingerprint density at radius 2 is 1.85 bits per heavy atom. The zero-order chi connectivity index (χ0) is 14.5. The first-order chi connectivity index (χ1) is 9.56. The summed E-state index contributed by atoms with van der Waals surface area (Å²) in [4.78, 5) is 11.1. The van der Waals surface area contributed by atoms with Crippen LogP contribution in [0.25, 0.3) is 0 Å². The number of anilines is 1. The van der Waals surface area contributed by atoms with Crippen molar-refractivity contribution in [2.24, 2.45) is 5.73 Å². The van der Waals surface area contributed by atoms with Gasteiger partial charge in [0.15, 0.2) is 0 Å². The Bertz CT molecular complexity index is 594. The maximum absolute atomic E-state index is 11.1. The van der Waals surface area contributed by atoms with E-state index in [1.165, 1.54) is 0 Å². The lowest BCUT2D eigenvalue weighted by Crippen LogP contribution is -2.16. The highest BCUT2D eigenvalue weighted by molar-refractivity contribution is 5.78. The Morgan fingerprint density at radius 1 is 1.20 bits per heavy atom. The number of primary amides is 1. The highest BCUT2D eigenvalue weighted by Crippen LogP contribution is 2.23. The molecule has 0 spiro atoms. The van der Waals surface area contributed by atoms with Crippen LogP contribution in [0.4, 0.5) is 5.69 Å². The number of nitrogens with two attached hydrogens (primary N) is 1. The van der Waals surface area contributed by atoms with Gasteiger partial charge in [-0.1, -0.05) is 30.3 Å². The number of carbonyl (C=O) groups is 1. The summed E-state index contributed by atoms with van der Waals surface area (Å²) in [7, 11) is 0. The average Bonchev–Trinajstić information content (AvgIpc) is 2.41. The Hall–Kier alpha value is -2.49. The first-order valence-corrected chi connectivity index (χ1v) is 6.48. The van der Waals surface area contributed by atoms with Crippen LogP contribution in [0.15, 0.2) is 48.5 Å². The van der Waals surface area contributed by atoms with Crippen molar-refractivity contribution in [2.45, 2.75) is 19.4 Å². The fraction of sp³-hybridized carbons (Fsp3) is 0.188. The minimum absolute atomic E-state index is 0.0598. The van der Waals surface area contributed by atoms with Gasteiger partial charge in [-0.25, -0.2) is 0 Å². The lowest BCUT2D eigenvalue weighted by molar-refractivity contribution is -0.117. The van der Waals surface area contributed by atoms with Gasteiger partial charge in [0.1, 0.15) is 5.75 Å². The van der Waals surface area contributed by atoms with Crippen LogP contribution in [0.2, 0.25) is 0 Å². The van der Waals surface area contributed by atoms with Crippen molar-refractivity contribution in [1.82, 2.24) is 0 Å². The lowest BCUT2D eigenvalue weighted by Gasteiger charge is -2.18. The SMILES string of the molecule is CC(Nc1ccccc1CC(N)=O)c1ccc(O)cc1. The average molecular weight is 270 g/mol. The predicted molar refractivity (Wildman–Crippen MR) is 79.5 cm³/mol. The van der Waals surface area contributed by atoms with E-state index in [4.69, 9.17) is 5.73 Å². The van der Waals surface area contributed by atoms with Crippen LogP contribution in [0, 0.1) is 0 Å². The number of nitrogens with one attached hydrogen (secondary N) is 1. The summed E-state index contributed by atoms with van der Waals surface area (Å²) in [5.74, 6) is -0.105. The summed E-state index contributed by atoms with van der Waals surface area (Å²) in [5.41, 5.74) is 8.09. The van der Waals surface area contributed by atoms with Crippen molar-refractivity contribution in [1.29, 1.82) is 0 Å².